The summed E-state index contributed by atoms with van der Waals surface area (Å²) in [4.78, 5) is 18.5. The topological polar surface area (TPSA) is 68.5 Å². The molecule has 3 aromatic rings. The lowest BCUT2D eigenvalue weighted by Crippen LogP contribution is -2.43. The van der Waals surface area contributed by atoms with Gasteiger partial charge in [0.2, 0.25) is 5.88 Å². The largest absolute Gasteiger partial charge is 0.466 e. The maximum absolute atomic E-state index is 12.1. The number of rotatable bonds is 3. The monoisotopic (exact) mass is 385 g/mol. The molecule has 1 aliphatic heterocycles. The van der Waals surface area contributed by atoms with Crippen LogP contribution in [0.1, 0.15) is 24.8 Å². The van der Waals surface area contributed by atoms with Crippen molar-refractivity contribution in [3.05, 3.63) is 66.2 Å². The molecule has 5 rings (SSSR count). The summed E-state index contributed by atoms with van der Waals surface area (Å²) in [5.74, 6) is 0.407. The van der Waals surface area contributed by atoms with Crippen LogP contribution in [-0.2, 0) is 10.3 Å². The normalized spacial score (nSPS) is 17.3. The summed E-state index contributed by atoms with van der Waals surface area (Å²) in [5, 5.41) is 0. The van der Waals surface area contributed by atoms with E-state index in [0.29, 0.717) is 11.6 Å². The lowest BCUT2D eigenvalue weighted by Gasteiger charge is -2.38. The average Bonchev–Trinajstić information content (AvgIpc) is 2.75. The molecule has 2 heterocycles. The molecule has 0 bridgehead atoms. The Morgan fingerprint density at radius 1 is 1.03 bits per heavy atom. The first-order valence-corrected chi connectivity index (χ1v) is 9.95. The van der Waals surface area contributed by atoms with E-state index in [4.69, 9.17) is 15.5 Å². The molecule has 1 aromatic heterocycles. The minimum absolute atomic E-state index is 0.00918. The van der Waals surface area contributed by atoms with E-state index >= 15 is 0 Å². The number of pyridine rings is 1. The number of aromatic nitrogens is 1. The maximum atomic E-state index is 12.1. The van der Waals surface area contributed by atoms with Gasteiger partial charge in [0.25, 0.3) is 5.91 Å². The van der Waals surface area contributed by atoms with E-state index in [9.17, 15) is 4.79 Å². The molecule has 1 fully saturated rings. The van der Waals surface area contributed by atoms with Crippen molar-refractivity contribution >= 4 is 11.6 Å². The van der Waals surface area contributed by atoms with Gasteiger partial charge in [-0.25, -0.2) is 4.98 Å². The quantitative estimate of drug-likeness (QED) is 0.737. The fraction of sp³-hybridized carbons (Fsp3) is 0.250. The predicted octanol–water partition coefficient (Wildman–Crippen LogP) is 4.11. The molecule has 2 aliphatic rings. The molecule has 0 saturated heterocycles. The summed E-state index contributed by atoms with van der Waals surface area (Å²) in [6.45, 7) is 0.00918. The Bertz CT molecular complexity index is 1070. The molecule has 5 nitrogen and oxygen atoms in total. The van der Waals surface area contributed by atoms with Gasteiger partial charge in [-0.1, -0.05) is 54.6 Å². The van der Waals surface area contributed by atoms with Gasteiger partial charge < -0.3 is 15.4 Å². The Hall–Kier alpha value is -3.18. The highest BCUT2D eigenvalue weighted by molar-refractivity contribution is 5.98. The first-order valence-electron chi connectivity index (χ1n) is 9.95. The molecule has 29 heavy (non-hydrogen) atoms. The summed E-state index contributed by atoms with van der Waals surface area (Å²) in [5.41, 5.74) is 12.0. The highest BCUT2D eigenvalue weighted by Gasteiger charge is 2.34. The summed E-state index contributed by atoms with van der Waals surface area (Å²) in [7, 11) is 1.76. The second-order valence-electron chi connectivity index (χ2n) is 7.90. The van der Waals surface area contributed by atoms with Crippen molar-refractivity contribution in [3.63, 3.8) is 0 Å². The van der Waals surface area contributed by atoms with Crippen molar-refractivity contribution in [3.8, 4) is 28.3 Å². The van der Waals surface area contributed by atoms with Gasteiger partial charge in [-0.05, 0) is 36.5 Å². The van der Waals surface area contributed by atoms with Crippen molar-refractivity contribution in [1.29, 1.82) is 0 Å². The van der Waals surface area contributed by atoms with Crippen LogP contribution in [0, 0.1) is 0 Å². The Labute approximate surface area is 170 Å². The third kappa shape index (κ3) is 2.98. The van der Waals surface area contributed by atoms with Crippen LogP contribution < -0.4 is 15.4 Å². The number of carbonyl (C=O) groups is 1. The number of nitrogens with zero attached hydrogens (tertiary/aromatic N) is 2. The van der Waals surface area contributed by atoms with Crippen molar-refractivity contribution in [1.82, 2.24) is 4.98 Å². The molecular formula is C24H23N3O2. The van der Waals surface area contributed by atoms with Gasteiger partial charge in [-0.15, -0.1) is 0 Å². The molecule has 1 amide bonds. The van der Waals surface area contributed by atoms with E-state index in [2.05, 4.69) is 36.4 Å². The predicted molar refractivity (Wildman–Crippen MR) is 114 cm³/mol. The standard InChI is InChI=1S/C24H23N3O2/c1-27-20-14-19(16-6-3-2-4-7-16)22(26-23(20)29-15-21(27)28)17-8-10-18(11-9-17)24(25)12-5-13-24/h2-4,6-11,14H,5,12-13,15,25H2,1H3. The highest BCUT2D eigenvalue weighted by Crippen LogP contribution is 2.42. The Kier molecular flexibility index (Phi) is 4.14. The Balaban J connectivity index is 1.64. The van der Waals surface area contributed by atoms with Gasteiger partial charge in [0.1, 0.15) is 5.69 Å². The first-order chi connectivity index (χ1) is 14.0. The number of fused-ring (bicyclic) bond motifs is 1. The molecule has 0 atom stereocenters. The van der Waals surface area contributed by atoms with Crippen LogP contribution in [0.3, 0.4) is 0 Å². The van der Waals surface area contributed by atoms with E-state index in [0.717, 1.165) is 35.2 Å². The molecular weight excluding hydrogens is 362 g/mol. The number of anilines is 1. The van der Waals surface area contributed by atoms with Crippen molar-refractivity contribution in [2.45, 2.75) is 24.8 Å². The SMILES string of the molecule is CN1C(=O)COc2nc(-c3ccc(C4(N)CCC4)cc3)c(-c3ccccc3)cc21. The van der Waals surface area contributed by atoms with E-state index in [1.165, 1.54) is 12.0 Å². The molecule has 0 unspecified atom stereocenters. The summed E-state index contributed by atoms with van der Waals surface area (Å²) >= 11 is 0. The van der Waals surface area contributed by atoms with Crippen molar-refractivity contribution in [2.75, 3.05) is 18.6 Å². The number of carbonyl (C=O) groups excluding carboxylic acids is 1. The molecule has 1 aliphatic carbocycles. The van der Waals surface area contributed by atoms with E-state index in [1.54, 1.807) is 11.9 Å². The summed E-state index contributed by atoms with van der Waals surface area (Å²) < 4.78 is 5.64. The van der Waals surface area contributed by atoms with Crippen LogP contribution in [0.2, 0.25) is 0 Å². The van der Waals surface area contributed by atoms with E-state index in [-0.39, 0.29) is 18.1 Å². The highest BCUT2D eigenvalue weighted by atomic mass is 16.5. The number of hydrogen-bond acceptors (Lipinski definition) is 4. The fourth-order valence-corrected chi connectivity index (χ4v) is 4.06. The number of ether oxygens (including phenoxy) is 1. The van der Waals surface area contributed by atoms with Crippen LogP contribution in [0.4, 0.5) is 5.69 Å². The number of hydrogen-bond donors (Lipinski definition) is 1. The lowest BCUT2D eigenvalue weighted by molar-refractivity contribution is -0.121. The van der Waals surface area contributed by atoms with E-state index < -0.39 is 0 Å². The van der Waals surface area contributed by atoms with Crippen LogP contribution >= 0.6 is 0 Å². The fourth-order valence-electron chi connectivity index (χ4n) is 4.06. The van der Waals surface area contributed by atoms with Crippen molar-refractivity contribution < 1.29 is 9.53 Å². The molecule has 0 spiro atoms. The molecule has 146 valence electrons. The number of amides is 1. The second-order valence-corrected chi connectivity index (χ2v) is 7.90. The van der Waals surface area contributed by atoms with Gasteiger partial charge in [-0.3, -0.25) is 4.79 Å². The first kappa shape index (κ1) is 17.9. The molecule has 5 heteroatoms. The van der Waals surface area contributed by atoms with Crippen molar-refractivity contribution in [2.24, 2.45) is 5.73 Å². The van der Waals surface area contributed by atoms with Crippen LogP contribution in [0.5, 0.6) is 5.88 Å². The molecule has 2 N–H and O–H groups in total. The zero-order valence-corrected chi connectivity index (χ0v) is 16.4. The third-order valence-corrected chi connectivity index (χ3v) is 6.10. The zero-order valence-electron chi connectivity index (χ0n) is 16.4. The van der Waals surface area contributed by atoms with Gasteiger partial charge in [-0.2, -0.15) is 0 Å². The Morgan fingerprint density at radius 2 is 1.76 bits per heavy atom. The number of likely N-dealkylation sites (N-methyl/N-ethyl adjacent to an activating group) is 1. The Morgan fingerprint density at radius 3 is 2.41 bits per heavy atom. The number of benzene rings is 2. The second kappa shape index (κ2) is 6.71. The van der Waals surface area contributed by atoms with Gasteiger partial charge in [0.05, 0.1) is 5.69 Å². The molecule has 1 saturated carbocycles. The third-order valence-electron chi connectivity index (χ3n) is 6.10. The van der Waals surface area contributed by atoms with Gasteiger partial charge >= 0.3 is 0 Å². The number of nitrogens with two attached hydrogens (primary N) is 1. The van der Waals surface area contributed by atoms with Crippen LogP contribution in [0.15, 0.2) is 60.7 Å². The molecule has 0 radical (unpaired) electrons. The van der Waals surface area contributed by atoms with E-state index in [1.807, 2.05) is 24.3 Å². The smallest absolute Gasteiger partial charge is 0.264 e. The summed E-state index contributed by atoms with van der Waals surface area (Å²) in [6, 6.07) is 20.5. The zero-order chi connectivity index (χ0) is 20.0. The van der Waals surface area contributed by atoms with Gasteiger partial charge in [0.15, 0.2) is 6.61 Å². The maximum Gasteiger partial charge on any atom is 0.264 e. The minimum atomic E-state index is -0.184. The van der Waals surface area contributed by atoms with Crippen LogP contribution in [0.25, 0.3) is 22.4 Å². The average molecular weight is 385 g/mol. The molecule has 2 aromatic carbocycles. The minimum Gasteiger partial charge on any atom is -0.466 e. The van der Waals surface area contributed by atoms with Crippen LogP contribution in [-0.4, -0.2) is 24.5 Å². The lowest BCUT2D eigenvalue weighted by atomic mass is 9.72. The van der Waals surface area contributed by atoms with Gasteiger partial charge in [0, 0.05) is 23.7 Å². The summed E-state index contributed by atoms with van der Waals surface area (Å²) in [6.07, 6.45) is 3.26.